The van der Waals surface area contributed by atoms with E-state index in [1.54, 1.807) is 0 Å². The summed E-state index contributed by atoms with van der Waals surface area (Å²) in [6, 6.07) is 16.3. The molecule has 4 heteroatoms. The zero-order valence-electron chi connectivity index (χ0n) is 19.3. The molecule has 1 aromatic heterocycles. The first-order valence-corrected chi connectivity index (χ1v) is 11.7. The molecule has 1 aliphatic heterocycles. The summed E-state index contributed by atoms with van der Waals surface area (Å²) in [5.41, 5.74) is 6.92. The van der Waals surface area contributed by atoms with Crippen LogP contribution >= 0.6 is 0 Å². The molecule has 1 aliphatic rings. The lowest BCUT2D eigenvalue weighted by atomic mass is 9.90. The second kappa shape index (κ2) is 9.90. The molecule has 166 valence electrons. The van der Waals surface area contributed by atoms with Crippen LogP contribution in [-0.4, -0.2) is 28.9 Å². The molecular formula is C28H33N3O. The normalized spacial score (nSPS) is 15.9. The van der Waals surface area contributed by atoms with E-state index in [4.69, 9.17) is 0 Å². The Morgan fingerprint density at radius 3 is 2.53 bits per heavy atom. The van der Waals surface area contributed by atoms with E-state index in [2.05, 4.69) is 54.5 Å². The molecule has 0 bridgehead atoms. The van der Waals surface area contributed by atoms with Gasteiger partial charge in [-0.1, -0.05) is 48.9 Å². The number of aromatic amines is 1. The van der Waals surface area contributed by atoms with Crippen molar-refractivity contribution < 1.29 is 4.79 Å². The van der Waals surface area contributed by atoms with Gasteiger partial charge in [0.1, 0.15) is 0 Å². The van der Waals surface area contributed by atoms with Gasteiger partial charge in [0, 0.05) is 52.9 Å². The maximum Gasteiger partial charge on any atom is 0.253 e. The second-order valence-electron chi connectivity index (χ2n) is 8.58. The number of carbonyl (C=O) groups excluding carboxylic acids is 1. The number of aromatic nitrogens is 1. The first kappa shape index (κ1) is 21.9. The van der Waals surface area contributed by atoms with Gasteiger partial charge in [-0.05, 0) is 63.1 Å². The van der Waals surface area contributed by atoms with Gasteiger partial charge < -0.3 is 15.2 Å². The Hall–Kier alpha value is -3.27. The van der Waals surface area contributed by atoms with E-state index in [0.717, 1.165) is 49.0 Å². The summed E-state index contributed by atoms with van der Waals surface area (Å²) in [7, 11) is 0. The smallest absolute Gasteiger partial charge is 0.253 e. The Labute approximate surface area is 191 Å². The molecule has 2 aromatic carbocycles. The van der Waals surface area contributed by atoms with Crippen molar-refractivity contribution in [2.45, 2.75) is 40.0 Å². The molecule has 2 N–H and O–H groups in total. The number of amides is 1. The minimum atomic E-state index is 0.132. The van der Waals surface area contributed by atoms with E-state index < -0.39 is 0 Å². The molecule has 1 fully saturated rings. The zero-order chi connectivity index (χ0) is 22.5. The summed E-state index contributed by atoms with van der Waals surface area (Å²) in [4.78, 5) is 18.5. The molecule has 0 spiro atoms. The Bertz CT molecular complexity index is 1130. The maximum absolute atomic E-state index is 13.1. The summed E-state index contributed by atoms with van der Waals surface area (Å²) in [6.45, 7) is 8.03. The molecule has 1 amide bonds. The Balaban J connectivity index is 1.43. The van der Waals surface area contributed by atoms with Gasteiger partial charge in [0.15, 0.2) is 0 Å². The second-order valence-corrected chi connectivity index (χ2v) is 8.58. The fourth-order valence-corrected chi connectivity index (χ4v) is 4.61. The van der Waals surface area contributed by atoms with Crippen LogP contribution in [0.1, 0.15) is 50.4 Å². The number of hydrogen-bond donors (Lipinski definition) is 2. The number of allylic oxidation sites excluding steroid dienone is 3. The van der Waals surface area contributed by atoms with E-state index in [1.165, 1.54) is 22.2 Å². The topological polar surface area (TPSA) is 48.1 Å². The van der Waals surface area contributed by atoms with Crippen molar-refractivity contribution in [3.63, 3.8) is 0 Å². The number of carbonyl (C=O) groups is 1. The Morgan fingerprint density at radius 1 is 1.12 bits per heavy atom. The molecule has 1 saturated heterocycles. The third-order valence-electron chi connectivity index (χ3n) is 6.62. The summed E-state index contributed by atoms with van der Waals surface area (Å²) < 4.78 is 0. The third kappa shape index (κ3) is 4.50. The van der Waals surface area contributed by atoms with Gasteiger partial charge in [0.25, 0.3) is 5.91 Å². The first-order chi connectivity index (χ1) is 15.6. The standard InChI is InChI=1S/C28H33N3O/c1-4-16-29-27(20(3)5-2)22-14-17-31(18-15-22)28(32)23-12-10-21(11-13-23)25-19-30-26-9-7-6-8-24(25)26/h4,6-13,16,19,22,29-30H,5,14-15,17-18H2,1-3H3/b16-4-,27-20+. The van der Waals surface area contributed by atoms with E-state index in [0.29, 0.717) is 5.92 Å². The SMILES string of the molecule is C/C=C\N/C(=C(\C)CC)C1CCN(C(=O)c2ccc(-c3c[nH]c4ccccc34)cc2)CC1. The van der Waals surface area contributed by atoms with Crippen molar-refractivity contribution >= 4 is 16.8 Å². The molecule has 4 nitrogen and oxygen atoms in total. The van der Waals surface area contributed by atoms with Crippen LogP contribution in [0.25, 0.3) is 22.0 Å². The predicted molar refractivity (Wildman–Crippen MR) is 133 cm³/mol. The molecule has 4 rings (SSSR count). The highest BCUT2D eigenvalue weighted by Gasteiger charge is 2.26. The van der Waals surface area contributed by atoms with Gasteiger partial charge in [-0.15, -0.1) is 0 Å². The van der Waals surface area contributed by atoms with Gasteiger partial charge in [-0.2, -0.15) is 0 Å². The van der Waals surface area contributed by atoms with Gasteiger partial charge in [0.2, 0.25) is 0 Å². The van der Waals surface area contributed by atoms with Crippen LogP contribution in [0.3, 0.4) is 0 Å². The fraction of sp³-hybridized carbons (Fsp3) is 0.321. The molecule has 0 unspecified atom stereocenters. The van der Waals surface area contributed by atoms with Crippen LogP contribution in [-0.2, 0) is 0 Å². The minimum Gasteiger partial charge on any atom is -0.365 e. The molecule has 0 saturated carbocycles. The van der Waals surface area contributed by atoms with Crippen LogP contribution in [0.4, 0.5) is 0 Å². The number of para-hydroxylation sites is 1. The van der Waals surface area contributed by atoms with E-state index in [-0.39, 0.29) is 5.91 Å². The highest BCUT2D eigenvalue weighted by atomic mass is 16.2. The van der Waals surface area contributed by atoms with Crippen LogP contribution in [0.2, 0.25) is 0 Å². The third-order valence-corrected chi connectivity index (χ3v) is 6.62. The molecular weight excluding hydrogens is 394 g/mol. The lowest BCUT2D eigenvalue weighted by molar-refractivity contribution is 0.0700. The molecule has 0 aliphatic carbocycles. The molecule has 32 heavy (non-hydrogen) atoms. The van der Waals surface area contributed by atoms with Crippen LogP contribution in [0, 0.1) is 5.92 Å². The lowest BCUT2D eigenvalue weighted by Gasteiger charge is -2.34. The number of likely N-dealkylation sites (tertiary alicyclic amines) is 1. The minimum absolute atomic E-state index is 0.132. The number of nitrogens with zero attached hydrogens (tertiary/aromatic N) is 1. The summed E-state index contributed by atoms with van der Waals surface area (Å²) >= 11 is 0. The summed E-state index contributed by atoms with van der Waals surface area (Å²) in [6.07, 6.45) is 9.12. The highest BCUT2D eigenvalue weighted by molar-refractivity contribution is 5.97. The Morgan fingerprint density at radius 2 is 1.84 bits per heavy atom. The number of hydrogen-bond acceptors (Lipinski definition) is 2. The lowest BCUT2D eigenvalue weighted by Crippen LogP contribution is -2.40. The number of piperidine rings is 1. The molecule has 0 radical (unpaired) electrons. The Kier molecular flexibility index (Phi) is 6.79. The van der Waals surface area contributed by atoms with Gasteiger partial charge >= 0.3 is 0 Å². The summed E-state index contributed by atoms with van der Waals surface area (Å²) in [5, 5.41) is 4.69. The van der Waals surface area contributed by atoms with Gasteiger partial charge in [0.05, 0.1) is 0 Å². The monoisotopic (exact) mass is 427 g/mol. The van der Waals surface area contributed by atoms with Crippen LogP contribution in [0.15, 0.2) is 78.3 Å². The van der Waals surface area contributed by atoms with Crippen molar-refractivity contribution in [2.75, 3.05) is 13.1 Å². The predicted octanol–water partition coefficient (Wildman–Crippen LogP) is 6.49. The van der Waals surface area contributed by atoms with Crippen molar-refractivity contribution in [1.29, 1.82) is 0 Å². The van der Waals surface area contributed by atoms with Crippen LogP contribution < -0.4 is 5.32 Å². The number of benzene rings is 2. The molecule has 0 atom stereocenters. The first-order valence-electron chi connectivity index (χ1n) is 11.7. The van der Waals surface area contributed by atoms with Crippen molar-refractivity contribution in [1.82, 2.24) is 15.2 Å². The number of rotatable bonds is 6. The number of nitrogens with one attached hydrogen (secondary N) is 2. The fourth-order valence-electron chi connectivity index (χ4n) is 4.61. The molecule has 3 aromatic rings. The van der Waals surface area contributed by atoms with Crippen LogP contribution in [0.5, 0.6) is 0 Å². The van der Waals surface area contributed by atoms with E-state index >= 15 is 0 Å². The average molecular weight is 428 g/mol. The van der Waals surface area contributed by atoms with Crippen molar-refractivity contribution in [3.8, 4) is 11.1 Å². The summed E-state index contributed by atoms with van der Waals surface area (Å²) in [5.74, 6) is 0.618. The number of fused-ring (bicyclic) bond motifs is 1. The van der Waals surface area contributed by atoms with E-state index in [9.17, 15) is 4.79 Å². The molecule has 2 heterocycles. The van der Waals surface area contributed by atoms with Crippen molar-refractivity contribution in [2.24, 2.45) is 5.92 Å². The number of H-pyrrole nitrogens is 1. The van der Waals surface area contributed by atoms with Gasteiger partial charge in [-0.25, -0.2) is 0 Å². The quantitative estimate of drug-likeness (QED) is 0.472. The zero-order valence-corrected chi connectivity index (χ0v) is 19.3. The maximum atomic E-state index is 13.1. The van der Waals surface area contributed by atoms with E-state index in [1.807, 2.05) is 48.5 Å². The largest absolute Gasteiger partial charge is 0.365 e. The van der Waals surface area contributed by atoms with Gasteiger partial charge in [-0.3, -0.25) is 4.79 Å². The van der Waals surface area contributed by atoms with Crippen molar-refractivity contribution in [3.05, 3.63) is 83.8 Å². The highest BCUT2D eigenvalue weighted by Crippen LogP contribution is 2.30. The average Bonchev–Trinajstić information content (AvgIpc) is 3.28.